The number of methoxy groups -OCH3 is 1. The number of thioether (sulfide) groups is 1. The zero-order valence-electron chi connectivity index (χ0n) is 11.5. The predicted molar refractivity (Wildman–Crippen MR) is 81.5 cm³/mol. The molecule has 0 saturated heterocycles. The van der Waals surface area contributed by atoms with Crippen molar-refractivity contribution in [3.63, 3.8) is 0 Å². The highest BCUT2D eigenvalue weighted by atomic mass is 32.2. The van der Waals surface area contributed by atoms with Gasteiger partial charge in [-0.15, -0.1) is 0 Å². The van der Waals surface area contributed by atoms with Crippen LogP contribution in [0.1, 0.15) is 25.3 Å². The molecule has 0 fully saturated rings. The van der Waals surface area contributed by atoms with E-state index in [1.165, 1.54) is 29.9 Å². The third kappa shape index (κ3) is 5.32. The third-order valence-electron chi connectivity index (χ3n) is 3.14. The van der Waals surface area contributed by atoms with Gasteiger partial charge in [0.05, 0.1) is 7.11 Å². The highest BCUT2D eigenvalue weighted by Crippen LogP contribution is 2.23. The zero-order chi connectivity index (χ0) is 13.2. The summed E-state index contributed by atoms with van der Waals surface area (Å²) in [6, 6.07) is 8.24. The molecule has 18 heavy (non-hydrogen) atoms. The second-order valence-corrected chi connectivity index (χ2v) is 5.85. The Labute approximate surface area is 115 Å². The van der Waals surface area contributed by atoms with E-state index >= 15 is 0 Å². The van der Waals surface area contributed by atoms with Crippen LogP contribution in [0.4, 0.5) is 0 Å². The molecule has 1 rings (SSSR count). The lowest BCUT2D eigenvalue weighted by Crippen LogP contribution is -2.17. The number of benzene rings is 1. The molecule has 2 N–H and O–H groups in total. The predicted octanol–water partition coefficient (Wildman–Crippen LogP) is 3.35. The summed E-state index contributed by atoms with van der Waals surface area (Å²) < 4.78 is 5.39. The second kappa shape index (κ2) is 9.29. The smallest absolute Gasteiger partial charge is 0.122 e. The highest BCUT2D eigenvalue weighted by Gasteiger charge is 2.10. The molecule has 0 radical (unpaired) electrons. The molecule has 0 heterocycles. The summed E-state index contributed by atoms with van der Waals surface area (Å²) in [6.45, 7) is 2.97. The summed E-state index contributed by atoms with van der Waals surface area (Å²) in [6.07, 6.45) is 3.49. The van der Waals surface area contributed by atoms with Crippen LogP contribution >= 0.6 is 11.8 Å². The summed E-state index contributed by atoms with van der Waals surface area (Å²) in [7, 11) is 1.73. The molecular formula is C15H25NOS. The maximum atomic E-state index is 5.88. The monoisotopic (exact) mass is 267 g/mol. The van der Waals surface area contributed by atoms with Crippen LogP contribution in [0.3, 0.4) is 0 Å². The van der Waals surface area contributed by atoms with E-state index in [4.69, 9.17) is 10.5 Å². The molecule has 102 valence electrons. The number of para-hydroxylation sites is 1. The Morgan fingerprint density at radius 2 is 2.11 bits per heavy atom. The Balaban J connectivity index is 2.46. The number of nitrogens with two attached hydrogens (primary N) is 1. The van der Waals surface area contributed by atoms with Crippen molar-refractivity contribution in [1.29, 1.82) is 0 Å². The number of ether oxygens (including phenoxy) is 1. The maximum absolute atomic E-state index is 5.88. The number of rotatable bonds is 9. The summed E-state index contributed by atoms with van der Waals surface area (Å²) >= 11 is 2.01. The molecule has 2 nitrogen and oxygen atoms in total. The van der Waals surface area contributed by atoms with Crippen LogP contribution in [0.15, 0.2) is 24.3 Å². The van der Waals surface area contributed by atoms with E-state index in [9.17, 15) is 0 Å². The summed E-state index contributed by atoms with van der Waals surface area (Å²) in [5.41, 5.74) is 7.16. The molecule has 0 saturated carbocycles. The van der Waals surface area contributed by atoms with Crippen LogP contribution in [-0.4, -0.2) is 25.2 Å². The molecule has 1 atom stereocenters. The van der Waals surface area contributed by atoms with Crippen LogP contribution in [0.2, 0.25) is 0 Å². The lowest BCUT2D eigenvalue weighted by molar-refractivity contribution is 0.401. The third-order valence-corrected chi connectivity index (χ3v) is 4.13. The molecular weight excluding hydrogens is 242 g/mol. The fourth-order valence-corrected chi connectivity index (χ4v) is 2.76. The largest absolute Gasteiger partial charge is 0.496 e. The molecule has 1 aromatic rings. The van der Waals surface area contributed by atoms with E-state index in [1.54, 1.807) is 7.11 Å². The average Bonchev–Trinajstić information content (AvgIpc) is 2.42. The first kappa shape index (κ1) is 15.4. The SMILES string of the molecule is CCSCCCC(CN)Cc1ccccc1OC. The van der Waals surface area contributed by atoms with Crippen LogP contribution < -0.4 is 10.5 Å². The summed E-state index contributed by atoms with van der Waals surface area (Å²) in [5, 5.41) is 0. The zero-order valence-corrected chi connectivity index (χ0v) is 12.3. The Bertz CT molecular complexity index is 330. The van der Waals surface area contributed by atoms with E-state index in [0.29, 0.717) is 5.92 Å². The quantitative estimate of drug-likeness (QED) is 0.697. The van der Waals surface area contributed by atoms with Crippen molar-refractivity contribution in [1.82, 2.24) is 0 Å². The Hall–Kier alpha value is -0.670. The molecule has 0 bridgehead atoms. The van der Waals surface area contributed by atoms with Gasteiger partial charge in [-0.2, -0.15) is 11.8 Å². The van der Waals surface area contributed by atoms with Crippen molar-refractivity contribution in [3.05, 3.63) is 29.8 Å². The van der Waals surface area contributed by atoms with Gasteiger partial charge in [-0.1, -0.05) is 25.1 Å². The number of hydrogen-bond acceptors (Lipinski definition) is 3. The van der Waals surface area contributed by atoms with Crippen molar-refractivity contribution >= 4 is 11.8 Å². The molecule has 0 aromatic heterocycles. The Morgan fingerprint density at radius 1 is 1.33 bits per heavy atom. The molecule has 1 aromatic carbocycles. The van der Waals surface area contributed by atoms with E-state index in [2.05, 4.69) is 19.1 Å². The molecule has 0 spiro atoms. The van der Waals surface area contributed by atoms with Crippen LogP contribution in [0.5, 0.6) is 5.75 Å². The van der Waals surface area contributed by atoms with Gasteiger partial charge < -0.3 is 10.5 Å². The second-order valence-electron chi connectivity index (χ2n) is 4.46. The molecule has 0 amide bonds. The first-order valence-corrected chi connectivity index (χ1v) is 7.87. The first-order chi connectivity index (χ1) is 8.81. The topological polar surface area (TPSA) is 35.2 Å². The maximum Gasteiger partial charge on any atom is 0.122 e. The van der Waals surface area contributed by atoms with Crippen molar-refractivity contribution in [2.24, 2.45) is 11.7 Å². The van der Waals surface area contributed by atoms with E-state index in [1.807, 2.05) is 23.9 Å². The molecule has 1 unspecified atom stereocenters. The summed E-state index contributed by atoms with van der Waals surface area (Å²) in [5.74, 6) is 4.01. The fourth-order valence-electron chi connectivity index (χ4n) is 2.10. The van der Waals surface area contributed by atoms with Crippen LogP contribution in [0.25, 0.3) is 0 Å². The molecule has 3 heteroatoms. The van der Waals surface area contributed by atoms with Crippen molar-refractivity contribution < 1.29 is 4.74 Å². The lowest BCUT2D eigenvalue weighted by Gasteiger charge is -2.16. The average molecular weight is 267 g/mol. The van der Waals surface area contributed by atoms with Gasteiger partial charge in [0.1, 0.15) is 5.75 Å². The highest BCUT2D eigenvalue weighted by molar-refractivity contribution is 7.99. The molecule has 0 aliphatic heterocycles. The standard InChI is InChI=1S/C15H25NOS/c1-3-18-10-6-7-13(12-16)11-14-8-4-5-9-15(14)17-2/h4-5,8-9,13H,3,6-7,10-12,16H2,1-2H3. The Morgan fingerprint density at radius 3 is 2.78 bits per heavy atom. The minimum Gasteiger partial charge on any atom is -0.496 e. The van der Waals surface area contributed by atoms with Crippen LogP contribution in [0, 0.1) is 5.92 Å². The van der Waals surface area contributed by atoms with Gasteiger partial charge in [0.15, 0.2) is 0 Å². The summed E-state index contributed by atoms with van der Waals surface area (Å²) in [4.78, 5) is 0. The molecule has 0 aliphatic rings. The van der Waals surface area contributed by atoms with Crippen molar-refractivity contribution in [2.45, 2.75) is 26.2 Å². The lowest BCUT2D eigenvalue weighted by atomic mass is 9.94. The van der Waals surface area contributed by atoms with Crippen LogP contribution in [-0.2, 0) is 6.42 Å². The minimum absolute atomic E-state index is 0.568. The number of hydrogen-bond donors (Lipinski definition) is 1. The van der Waals surface area contributed by atoms with Crippen molar-refractivity contribution in [2.75, 3.05) is 25.2 Å². The van der Waals surface area contributed by atoms with Gasteiger partial charge in [0, 0.05) is 0 Å². The first-order valence-electron chi connectivity index (χ1n) is 6.71. The fraction of sp³-hybridized carbons (Fsp3) is 0.600. The van der Waals surface area contributed by atoms with Gasteiger partial charge in [-0.05, 0) is 54.9 Å². The normalized spacial score (nSPS) is 12.4. The Kier molecular flexibility index (Phi) is 7.94. The van der Waals surface area contributed by atoms with Crippen molar-refractivity contribution in [3.8, 4) is 5.75 Å². The van der Waals surface area contributed by atoms with Gasteiger partial charge in [-0.25, -0.2) is 0 Å². The van der Waals surface area contributed by atoms with Gasteiger partial charge >= 0.3 is 0 Å². The minimum atomic E-state index is 0.568. The van der Waals surface area contributed by atoms with Gasteiger partial charge in [-0.3, -0.25) is 0 Å². The van der Waals surface area contributed by atoms with Gasteiger partial charge in [0.25, 0.3) is 0 Å². The van der Waals surface area contributed by atoms with E-state index in [-0.39, 0.29) is 0 Å². The molecule has 0 aliphatic carbocycles. The van der Waals surface area contributed by atoms with E-state index in [0.717, 1.165) is 18.7 Å². The van der Waals surface area contributed by atoms with E-state index < -0.39 is 0 Å². The van der Waals surface area contributed by atoms with Gasteiger partial charge in [0.2, 0.25) is 0 Å².